The molecular weight excluding hydrogens is 940 g/mol. The van der Waals surface area contributed by atoms with Gasteiger partial charge in [0.1, 0.15) is 0 Å². The van der Waals surface area contributed by atoms with Crippen molar-refractivity contribution in [3.63, 3.8) is 0 Å². The Morgan fingerprint density at radius 1 is 0.493 bits per heavy atom. The van der Waals surface area contributed by atoms with Crippen molar-refractivity contribution in [1.29, 1.82) is 0 Å². The fraction of sp³-hybridized carbons (Fsp3) is 0.457. The van der Waals surface area contributed by atoms with Crippen LogP contribution in [0.3, 0.4) is 0 Å². The number of hydrogen-bond acceptors (Lipinski definition) is 3. The molecule has 2 aliphatic heterocycles. The zero-order valence-electron chi connectivity index (χ0n) is 49.4. The van der Waals surface area contributed by atoms with E-state index in [1.807, 2.05) is 0 Å². The van der Waals surface area contributed by atoms with E-state index in [0.29, 0.717) is 0 Å². The van der Waals surface area contributed by atoms with Gasteiger partial charge < -0.3 is 9.80 Å². The summed E-state index contributed by atoms with van der Waals surface area (Å²) in [5, 5.41) is 2.88. The number of rotatable bonds is 4. The van der Waals surface area contributed by atoms with Crippen LogP contribution in [0.25, 0.3) is 21.2 Å². The van der Waals surface area contributed by atoms with E-state index in [1.165, 1.54) is 159 Å². The minimum atomic E-state index is -1.55. The van der Waals surface area contributed by atoms with Crippen molar-refractivity contribution >= 4 is 91.2 Å². The standard InChI is InChI=1S/C70H85BN2SSi/c1-42-34-58-61-59(35-42)73(56-40-53-51(67(9,10)30-32-69(53,13)14)38-47(56)43-20-24-46(25-21-43)75(17,18)19)57-41-54-52(68(11,12)31-33-70(54,15)16)39-55(57)71(61)63-62(48-36-44(64(2,3)4)22-27-60(48)74-63)72(58)45-23-26-49-50(37-45)66(7,8)29-28-65(49,5)6/h20-27,34-41H,28-33H2,1-19H3. The number of fused-ring (bicyclic) bond motifs is 9. The third-order valence-corrected chi connectivity index (χ3v) is 23.3. The predicted molar refractivity (Wildman–Crippen MR) is 334 cm³/mol. The summed E-state index contributed by atoms with van der Waals surface area (Å²) in [5.41, 5.74) is 25.6. The van der Waals surface area contributed by atoms with Crippen molar-refractivity contribution in [2.24, 2.45) is 0 Å². The summed E-state index contributed by atoms with van der Waals surface area (Å²) in [6, 6.07) is 40.9. The quantitative estimate of drug-likeness (QED) is 0.162. The van der Waals surface area contributed by atoms with Gasteiger partial charge in [-0.3, -0.25) is 0 Å². The second-order valence-electron chi connectivity index (χ2n) is 30.3. The Morgan fingerprint density at radius 2 is 0.987 bits per heavy atom. The van der Waals surface area contributed by atoms with Gasteiger partial charge in [0.15, 0.2) is 0 Å². The summed E-state index contributed by atoms with van der Waals surface area (Å²) in [6.45, 7) is 47.0. The van der Waals surface area contributed by atoms with Crippen LogP contribution in [0.2, 0.25) is 19.6 Å². The molecule has 1 aromatic heterocycles. The maximum atomic E-state index is 2.81. The topological polar surface area (TPSA) is 6.48 Å². The SMILES string of the molecule is Cc1cc2c3c(c1)N(c1ccc4c(c1)C(C)(C)CCC4(C)C)c1c(sc4ccc(C(C)(C)C)cc14)B3c1cc3c(cc1N2c1cc2c(cc1-c1ccc([Si](C)(C)C)cc1)C(C)(C)CCC2(C)C)C(C)(C)CCC3(C)C. The van der Waals surface area contributed by atoms with E-state index in [1.54, 1.807) is 0 Å². The molecule has 0 unspecified atom stereocenters. The van der Waals surface area contributed by atoms with E-state index in [0.717, 1.165) is 0 Å². The van der Waals surface area contributed by atoms with Gasteiger partial charge in [-0.1, -0.05) is 171 Å². The summed E-state index contributed by atoms with van der Waals surface area (Å²) >= 11 is 2.05. The van der Waals surface area contributed by atoms with Gasteiger partial charge >= 0.3 is 0 Å². The summed E-state index contributed by atoms with van der Waals surface area (Å²) in [4.78, 5) is 5.56. The summed E-state index contributed by atoms with van der Waals surface area (Å²) in [5.74, 6) is 0. The zero-order chi connectivity index (χ0) is 53.7. The highest BCUT2D eigenvalue weighted by Gasteiger charge is 2.49. The van der Waals surface area contributed by atoms with Crippen LogP contribution >= 0.6 is 11.3 Å². The average molecular weight is 1030 g/mol. The fourth-order valence-electron chi connectivity index (χ4n) is 14.6. The molecule has 388 valence electrons. The molecule has 0 radical (unpaired) electrons. The van der Waals surface area contributed by atoms with Crippen LogP contribution in [-0.4, -0.2) is 14.8 Å². The van der Waals surface area contributed by atoms with Gasteiger partial charge in [-0.05, 0) is 199 Å². The van der Waals surface area contributed by atoms with Crippen LogP contribution in [-0.2, 0) is 37.9 Å². The number of nitrogens with zero attached hydrogens (tertiary/aromatic N) is 2. The van der Waals surface area contributed by atoms with E-state index >= 15 is 0 Å². The van der Waals surface area contributed by atoms with Crippen molar-refractivity contribution in [3.8, 4) is 11.1 Å². The van der Waals surface area contributed by atoms with Crippen molar-refractivity contribution in [3.05, 3.63) is 142 Å². The first-order chi connectivity index (χ1) is 34.8. The van der Waals surface area contributed by atoms with Gasteiger partial charge in [-0.15, -0.1) is 11.3 Å². The lowest BCUT2D eigenvalue weighted by Gasteiger charge is -2.48. The fourth-order valence-corrected chi connectivity index (χ4v) is 17.0. The molecule has 0 N–H and O–H groups in total. The van der Waals surface area contributed by atoms with Crippen LogP contribution in [0.15, 0.2) is 97.1 Å². The molecule has 75 heavy (non-hydrogen) atoms. The second kappa shape index (κ2) is 16.1. The largest absolute Gasteiger partial charge is 0.311 e. The Kier molecular flexibility index (Phi) is 11.0. The Hall–Kier alpha value is -4.84. The van der Waals surface area contributed by atoms with Crippen LogP contribution in [0.5, 0.6) is 0 Å². The molecule has 0 fully saturated rings. The zero-order valence-corrected chi connectivity index (χ0v) is 51.2. The molecule has 5 heteroatoms. The van der Waals surface area contributed by atoms with Gasteiger partial charge in [0.2, 0.25) is 0 Å². The third-order valence-electron chi connectivity index (χ3n) is 20.0. The molecule has 0 atom stereocenters. The molecular formula is C70H85BN2SSi. The van der Waals surface area contributed by atoms with Crippen molar-refractivity contribution in [1.82, 2.24) is 0 Å². The highest BCUT2D eigenvalue weighted by molar-refractivity contribution is 7.33. The molecule has 0 bridgehead atoms. The number of benzene rings is 6. The Balaban J connectivity index is 1.23. The highest BCUT2D eigenvalue weighted by atomic mass is 32.1. The van der Waals surface area contributed by atoms with Crippen molar-refractivity contribution < 1.29 is 0 Å². The van der Waals surface area contributed by atoms with E-state index in [2.05, 4.69) is 249 Å². The molecule has 0 saturated carbocycles. The third kappa shape index (κ3) is 7.79. The van der Waals surface area contributed by atoms with Gasteiger partial charge in [0.05, 0.1) is 19.4 Å². The lowest BCUT2D eigenvalue weighted by Crippen LogP contribution is -2.61. The Labute approximate surface area is 457 Å². The van der Waals surface area contributed by atoms with Crippen LogP contribution in [0.4, 0.5) is 34.1 Å². The maximum Gasteiger partial charge on any atom is 0.264 e. The molecule has 0 amide bonds. The van der Waals surface area contributed by atoms with E-state index in [-0.39, 0.29) is 44.6 Å². The highest BCUT2D eigenvalue weighted by Crippen LogP contribution is 2.57. The predicted octanol–water partition coefficient (Wildman–Crippen LogP) is 17.8. The van der Waals surface area contributed by atoms with Crippen LogP contribution in [0.1, 0.15) is 187 Å². The molecule has 0 spiro atoms. The Morgan fingerprint density at radius 3 is 1.53 bits per heavy atom. The summed E-state index contributed by atoms with van der Waals surface area (Å²) < 4.78 is 2.84. The average Bonchev–Trinajstić information content (AvgIpc) is 3.77. The normalized spacial score (nSPS) is 20.2. The number of hydrogen-bond donors (Lipinski definition) is 0. The molecule has 6 aromatic carbocycles. The van der Waals surface area contributed by atoms with Crippen LogP contribution in [0, 0.1) is 6.92 Å². The van der Waals surface area contributed by atoms with Gasteiger partial charge in [0.25, 0.3) is 6.71 Å². The first kappa shape index (κ1) is 50.9. The van der Waals surface area contributed by atoms with Crippen LogP contribution < -0.4 is 30.7 Å². The van der Waals surface area contributed by atoms with Gasteiger partial charge in [-0.2, -0.15) is 0 Å². The van der Waals surface area contributed by atoms with E-state index in [9.17, 15) is 0 Å². The molecule has 3 heterocycles. The Bertz CT molecular complexity index is 3550. The van der Waals surface area contributed by atoms with Crippen molar-refractivity contribution in [2.75, 3.05) is 9.80 Å². The molecule has 3 aliphatic carbocycles. The minimum absolute atomic E-state index is 0.00630. The number of thiophene rings is 1. The van der Waals surface area contributed by atoms with E-state index in [4.69, 9.17) is 0 Å². The lowest BCUT2D eigenvalue weighted by molar-refractivity contribution is 0.332. The first-order valence-corrected chi connectivity index (χ1v) is 33.1. The lowest BCUT2D eigenvalue weighted by atomic mass is 9.35. The van der Waals surface area contributed by atoms with Gasteiger partial charge in [-0.25, -0.2) is 0 Å². The molecule has 5 aliphatic rings. The van der Waals surface area contributed by atoms with Crippen molar-refractivity contribution in [2.45, 2.75) is 207 Å². The smallest absolute Gasteiger partial charge is 0.264 e. The minimum Gasteiger partial charge on any atom is -0.311 e. The number of anilines is 6. The summed E-state index contributed by atoms with van der Waals surface area (Å²) in [6.07, 6.45) is 7.08. The molecule has 0 saturated heterocycles. The summed E-state index contributed by atoms with van der Waals surface area (Å²) in [7, 11) is -1.55. The van der Waals surface area contributed by atoms with E-state index < -0.39 is 8.07 Å². The maximum absolute atomic E-state index is 2.81. The molecule has 7 aromatic rings. The second-order valence-corrected chi connectivity index (χ2v) is 36.5. The molecule has 2 nitrogen and oxygen atoms in total. The van der Waals surface area contributed by atoms with Gasteiger partial charge in [0, 0.05) is 43.2 Å². The molecule has 12 rings (SSSR count). The number of aryl methyl sites for hydroxylation is 1. The first-order valence-electron chi connectivity index (χ1n) is 28.7. The monoisotopic (exact) mass is 1020 g/mol.